The number of carbonyl (C=O) groups is 2. The summed E-state index contributed by atoms with van der Waals surface area (Å²) in [6.45, 7) is 2.72. The lowest BCUT2D eigenvalue weighted by molar-refractivity contribution is 0.0938. The molecule has 5 nitrogen and oxygen atoms in total. The average molecular weight is 312 g/mol. The van der Waals surface area contributed by atoms with Gasteiger partial charge in [-0.3, -0.25) is 9.59 Å². The lowest BCUT2D eigenvalue weighted by atomic mass is 10.1. The molecule has 2 N–H and O–H groups in total. The Bertz CT molecular complexity index is 698. The minimum atomic E-state index is -0.247. The van der Waals surface area contributed by atoms with Gasteiger partial charge >= 0.3 is 0 Å². The van der Waals surface area contributed by atoms with E-state index in [0.717, 1.165) is 5.56 Å². The van der Waals surface area contributed by atoms with Crippen LogP contribution in [0.5, 0.6) is 0 Å². The average Bonchev–Trinajstić information content (AvgIpc) is 2.55. The van der Waals surface area contributed by atoms with E-state index in [9.17, 15) is 9.59 Å². The number of methoxy groups -OCH3 is 1. The van der Waals surface area contributed by atoms with E-state index in [1.807, 2.05) is 25.1 Å². The molecule has 0 aromatic heterocycles. The zero-order valence-electron chi connectivity index (χ0n) is 13.3. The fourth-order valence-corrected chi connectivity index (χ4v) is 2.17. The maximum atomic E-state index is 12.4. The molecule has 5 heteroatoms. The van der Waals surface area contributed by atoms with Gasteiger partial charge in [0, 0.05) is 19.2 Å². The molecule has 0 fully saturated rings. The van der Waals surface area contributed by atoms with Crippen molar-refractivity contribution in [2.24, 2.45) is 0 Å². The number of rotatable bonds is 6. The van der Waals surface area contributed by atoms with Gasteiger partial charge in [-0.05, 0) is 30.7 Å². The number of para-hydroxylation sites is 1. The Morgan fingerprint density at radius 2 is 1.61 bits per heavy atom. The smallest absolute Gasteiger partial charge is 0.255 e. The van der Waals surface area contributed by atoms with Crippen LogP contribution in [0.1, 0.15) is 26.3 Å². The van der Waals surface area contributed by atoms with Crippen molar-refractivity contribution in [1.82, 2.24) is 5.32 Å². The Labute approximate surface area is 135 Å². The van der Waals surface area contributed by atoms with Crippen LogP contribution >= 0.6 is 0 Å². The number of anilines is 1. The van der Waals surface area contributed by atoms with Crippen molar-refractivity contribution < 1.29 is 14.3 Å². The van der Waals surface area contributed by atoms with Gasteiger partial charge in [0.1, 0.15) is 0 Å². The van der Waals surface area contributed by atoms with Crippen LogP contribution in [-0.2, 0) is 4.74 Å². The van der Waals surface area contributed by atoms with Crippen molar-refractivity contribution in [3.63, 3.8) is 0 Å². The highest BCUT2D eigenvalue weighted by Crippen LogP contribution is 2.17. The summed E-state index contributed by atoms with van der Waals surface area (Å²) < 4.78 is 4.91. The number of hydrogen-bond acceptors (Lipinski definition) is 3. The van der Waals surface area contributed by atoms with E-state index in [0.29, 0.717) is 30.0 Å². The van der Waals surface area contributed by atoms with E-state index in [4.69, 9.17) is 4.74 Å². The third-order valence-electron chi connectivity index (χ3n) is 3.40. The summed E-state index contributed by atoms with van der Waals surface area (Å²) >= 11 is 0. The second-order valence-electron chi connectivity index (χ2n) is 5.06. The van der Waals surface area contributed by atoms with E-state index in [1.54, 1.807) is 37.4 Å². The van der Waals surface area contributed by atoms with Crippen LogP contribution in [0.15, 0.2) is 48.5 Å². The first-order chi connectivity index (χ1) is 11.1. The van der Waals surface area contributed by atoms with E-state index in [-0.39, 0.29) is 11.8 Å². The van der Waals surface area contributed by atoms with Crippen molar-refractivity contribution in [2.45, 2.75) is 6.92 Å². The van der Waals surface area contributed by atoms with Gasteiger partial charge in [-0.2, -0.15) is 0 Å². The van der Waals surface area contributed by atoms with Crippen LogP contribution in [-0.4, -0.2) is 32.1 Å². The van der Waals surface area contributed by atoms with Gasteiger partial charge in [0.25, 0.3) is 11.8 Å². The van der Waals surface area contributed by atoms with E-state index in [1.165, 1.54) is 0 Å². The number of benzene rings is 2. The Kier molecular flexibility index (Phi) is 5.88. The highest BCUT2D eigenvalue weighted by molar-refractivity contribution is 6.09. The molecule has 0 saturated heterocycles. The number of hydrogen-bond donors (Lipinski definition) is 2. The quantitative estimate of drug-likeness (QED) is 0.806. The van der Waals surface area contributed by atoms with Crippen molar-refractivity contribution in [3.8, 4) is 0 Å². The van der Waals surface area contributed by atoms with Crippen LogP contribution in [0, 0.1) is 6.92 Å². The van der Waals surface area contributed by atoms with E-state index in [2.05, 4.69) is 10.6 Å². The fraction of sp³-hybridized carbons (Fsp3) is 0.222. The van der Waals surface area contributed by atoms with Gasteiger partial charge in [0.2, 0.25) is 0 Å². The number of carbonyl (C=O) groups excluding carboxylic acids is 2. The van der Waals surface area contributed by atoms with Gasteiger partial charge in [0.15, 0.2) is 0 Å². The summed E-state index contributed by atoms with van der Waals surface area (Å²) in [4.78, 5) is 24.6. The molecule has 2 rings (SSSR count). The first-order valence-corrected chi connectivity index (χ1v) is 7.36. The maximum absolute atomic E-state index is 12.4. The molecule has 0 aliphatic rings. The van der Waals surface area contributed by atoms with E-state index >= 15 is 0 Å². The van der Waals surface area contributed by atoms with Crippen molar-refractivity contribution in [1.29, 1.82) is 0 Å². The Morgan fingerprint density at radius 3 is 2.30 bits per heavy atom. The topological polar surface area (TPSA) is 67.4 Å². The SMILES string of the molecule is COCCNC(=O)c1ccccc1NC(=O)c1ccccc1C. The van der Waals surface area contributed by atoms with Crippen LogP contribution in [0.4, 0.5) is 5.69 Å². The van der Waals surface area contributed by atoms with Gasteiger partial charge in [-0.15, -0.1) is 0 Å². The van der Waals surface area contributed by atoms with Crippen LogP contribution in [0.2, 0.25) is 0 Å². The molecule has 2 aromatic rings. The molecule has 0 bridgehead atoms. The number of amides is 2. The van der Waals surface area contributed by atoms with Crippen molar-refractivity contribution >= 4 is 17.5 Å². The summed E-state index contributed by atoms with van der Waals surface area (Å²) in [5.41, 5.74) is 2.37. The molecule has 120 valence electrons. The zero-order chi connectivity index (χ0) is 16.7. The highest BCUT2D eigenvalue weighted by Gasteiger charge is 2.14. The summed E-state index contributed by atoms with van der Waals surface area (Å²) in [6, 6.07) is 14.2. The monoisotopic (exact) mass is 312 g/mol. The molecule has 0 aliphatic carbocycles. The fourth-order valence-electron chi connectivity index (χ4n) is 2.17. The van der Waals surface area contributed by atoms with Crippen molar-refractivity contribution in [3.05, 3.63) is 65.2 Å². The van der Waals surface area contributed by atoms with Gasteiger partial charge in [-0.1, -0.05) is 30.3 Å². The number of nitrogens with one attached hydrogen (secondary N) is 2. The molecule has 0 saturated carbocycles. The predicted octanol–water partition coefficient (Wildman–Crippen LogP) is 2.62. The predicted molar refractivity (Wildman–Crippen MR) is 89.8 cm³/mol. The van der Waals surface area contributed by atoms with Crippen LogP contribution in [0.25, 0.3) is 0 Å². The Balaban J connectivity index is 2.16. The first kappa shape index (κ1) is 16.7. The number of aryl methyl sites for hydroxylation is 1. The first-order valence-electron chi connectivity index (χ1n) is 7.36. The highest BCUT2D eigenvalue weighted by atomic mass is 16.5. The third-order valence-corrected chi connectivity index (χ3v) is 3.40. The zero-order valence-corrected chi connectivity index (χ0v) is 13.3. The second kappa shape index (κ2) is 8.10. The maximum Gasteiger partial charge on any atom is 0.255 e. The molecule has 0 unspecified atom stereocenters. The standard InChI is InChI=1S/C18H20N2O3/c1-13-7-3-4-8-14(13)18(22)20-16-10-6-5-9-15(16)17(21)19-11-12-23-2/h3-10H,11-12H2,1-2H3,(H,19,21)(H,20,22). The molecule has 23 heavy (non-hydrogen) atoms. The molecule has 2 aromatic carbocycles. The molecule has 0 atom stereocenters. The lowest BCUT2D eigenvalue weighted by Crippen LogP contribution is -2.28. The molecule has 0 radical (unpaired) electrons. The molecular weight excluding hydrogens is 292 g/mol. The summed E-state index contributed by atoms with van der Waals surface area (Å²) in [5, 5.41) is 5.56. The number of ether oxygens (including phenoxy) is 1. The molecule has 0 heterocycles. The van der Waals surface area contributed by atoms with Gasteiger partial charge in [0.05, 0.1) is 17.9 Å². The van der Waals surface area contributed by atoms with Crippen LogP contribution in [0.3, 0.4) is 0 Å². The second-order valence-corrected chi connectivity index (χ2v) is 5.06. The minimum absolute atomic E-state index is 0.236. The van der Waals surface area contributed by atoms with Crippen molar-refractivity contribution in [2.75, 3.05) is 25.6 Å². The van der Waals surface area contributed by atoms with Crippen LogP contribution < -0.4 is 10.6 Å². The Morgan fingerprint density at radius 1 is 0.957 bits per heavy atom. The lowest BCUT2D eigenvalue weighted by Gasteiger charge is -2.12. The van der Waals surface area contributed by atoms with Gasteiger partial charge in [-0.25, -0.2) is 0 Å². The summed E-state index contributed by atoms with van der Waals surface area (Å²) in [6.07, 6.45) is 0. The minimum Gasteiger partial charge on any atom is -0.383 e. The molecule has 0 aliphatic heterocycles. The third kappa shape index (κ3) is 4.40. The molecular formula is C18H20N2O3. The summed E-state index contributed by atoms with van der Waals surface area (Å²) in [5.74, 6) is -0.483. The molecule has 2 amide bonds. The summed E-state index contributed by atoms with van der Waals surface area (Å²) in [7, 11) is 1.57. The normalized spacial score (nSPS) is 10.2. The molecule has 0 spiro atoms. The van der Waals surface area contributed by atoms with E-state index < -0.39 is 0 Å². The largest absolute Gasteiger partial charge is 0.383 e. The Hall–Kier alpha value is -2.66. The van der Waals surface area contributed by atoms with Gasteiger partial charge < -0.3 is 15.4 Å².